The number of imide groups is 1. The van der Waals surface area contributed by atoms with Gasteiger partial charge in [0.1, 0.15) is 0 Å². The Balaban J connectivity index is 1.55. The van der Waals surface area contributed by atoms with Crippen LogP contribution in [0.5, 0.6) is 0 Å². The van der Waals surface area contributed by atoms with Crippen molar-refractivity contribution in [2.75, 3.05) is 19.7 Å². The first-order valence-electron chi connectivity index (χ1n) is 6.59. The molecule has 2 saturated heterocycles. The van der Waals surface area contributed by atoms with E-state index in [4.69, 9.17) is 0 Å². The fraction of sp³-hybridized carbons (Fsp3) is 0.615. The molecule has 2 aliphatic heterocycles. The van der Waals surface area contributed by atoms with Gasteiger partial charge >= 0.3 is 6.09 Å². The number of carbonyl (C=O) groups is 3. The first-order valence-corrected chi connectivity index (χ1v) is 6.59. The van der Waals surface area contributed by atoms with Gasteiger partial charge in [0, 0.05) is 19.0 Å². The lowest BCUT2D eigenvalue weighted by Crippen LogP contribution is -2.63. The van der Waals surface area contributed by atoms with Crippen molar-refractivity contribution >= 4 is 17.9 Å². The highest BCUT2D eigenvalue weighted by molar-refractivity contribution is 5.98. The highest BCUT2D eigenvalue weighted by Gasteiger charge is 2.45. The van der Waals surface area contributed by atoms with Gasteiger partial charge in [-0.3, -0.25) is 9.59 Å². The van der Waals surface area contributed by atoms with Crippen LogP contribution in [0.3, 0.4) is 0 Å². The second kappa shape index (κ2) is 4.68. The summed E-state index contributed by atoms with van der Waals surface area (Å²) in [5.74, 6) is -0.101. The van der Waals surface area contributed by atoms with Gasteiger partial charge in [-0.2, -0.15) is 0 Å². The van der Waals surface area contributed by atoms with E-state index in [1.54, 1.807) is 4.90 Å². The van der Waals surface area contributed by atoms with Gasteiger partial charge in [-0.05, 0) is 19.3 Å². The molecule has 1 aliphatic carbocycles. The summed E-state index contributed by atoms with van der Waals surface area (Å²) in [5, 5.41) is 0. The van der Waals surface area contributed by atoms with E-state index in [0.717, 1.165) is 24.2 Å². The van der Waals surface area contributed by atoms with E-state index in [2.05, 4.69) is 10.8 Å². The summed E-state index contributed by atoms with van der Waals surface area (Å²) in [6.45, 7) is 0.719. The van der Waals surface area contributed by atoms with Gasteiger partial charge in [0.2, 0.25) is 5.91 Å². The van der Waals surface area contributed by atoms with Gasteiger partial charge in [0.15, 0.2) is 6.61 Å². The van der Waals surface area contributed by atoms with Crippen LogP contribution in [-0.4, -0.2) is 53.4 Å². The highest BCUT2D eigenvalue weighted by Crippen LogP contribution is 2.26. The third-order valence-electron chi connectivity index (χ3n) is 3.94. The molecule has 0 spiro atoms. The summed E-state index contributed by atoms with van der Waals surface area (Å²) in [6.07, 6.45) is 6.20. The number of likely N-dealkylation sites (tertiary alicyclic amines) is 1. The van der Waals surface area contributed by atoms with Crippen LogP contribution < -0.4 is 0 Å². The molecule has 0 N–H and O–H groups in total. The Morgan fingerprint density at radius 1 is 1.26 bits per heavy atom. The van der Waals surface area contributed by atoms with Crippen molar-refractivity contribution in [1.82, 2.24) is 9.80 Å². The third-order valence-corrected chi connectivity index (χ3v) is 3.94. The van der Waals surface area contributed by atoms with Crippen molar-refractivity contribution in [2.45, 2.75) is 25.3 Å². The number of ether oxygens (including phenoxy) is 1. The van der Waals surface area contributed by atoms with Crippen LogP contribution in [0.2, 0.25) is 0 Å². The lowest BCUT2D eigenvalue weighted by molar-refractivity contribution is -0.145. The number of hydrogen-bond donors (Lipinski definition) is 0. The predicted octanol–water partition coefficient (Wildman–Crippen LogP) is 0.532. The molecule has 6 heteroatoms. The fourth-order valence-corrected chi connectivity index (χ4v) is 2.79. The predicted molar refractivity (Wildman–Crippen MR) is 65.0 cm³/mol. The van der Waals surface area contributed by atoms with E-state index in [-0.39, 0.29) is 30.4 Å². The Morgan fingerprint density at radius 3 is 2.63 bits per heavy atom. The summed E-state index contributed by atoms with van der Waals surface area (Å²) in [7, 11) is 0. The SMILES string of the molecule is O=C(C1CC=CCC1)N1CC(N2C(=O)COC2=O)C1. The summed E-state index contributed by atoms with van der Waals surface area (Å²) < 4.78 is 4.67. The second-order valence-corrected chi connectivity index (χ2v) is 5.20. The molecule has 2 fully saturated rings. The smallest absolute Gasteiger partial charge is 0.417 e. The van der Waals surface area contributed by atoms with Crippen molar-refractivity contribution in [3.63, 3.8) is 0 Å². The number of allylic oxidation sites excluding steroid dienone is 2. The summed E-state index contributed by atoms with van der Waals surface area (Å²) >= 11 is 0. The van der Waals surface area contributed by atoms with E-state index in [9.17, 15) is 14.4 Å². The standard InChI is InChI=1S/C13H16N2O4/c16-11-8-19-13(18)15(11)10-6-14(7-10)12(17)9-4-2-1-3-5-9/h1-2,9-10H,3-8H2. The average Bonchev–Trinajstić information content (AvgIpc) is 2.70. The maximum Gasteiger partial charge on any atom is 0.417 e. The molecule has 0 aromatic heterocycles. The third kappa shape index (κ3) is 2.11. The number of carbonyl (C=O) groups excluding carboxylic acids is 3. The number of nitrogens with zero attached hydrogens (tertiary/aromatic N) is 2. The molecule has 0 aromatic carbocycles. The minimum absolute atomic E-state index is 0.0622. The van der Waals surface area contributed by atoms with Gasteiger partial charge in [0.25, 0.3) is 5.91 Å². The first-order chi connectivity index (χ1) is 9.16. The normalized spacial score (nSPS) is 27.5. The van der Waals surface area contributed by atoms with Crippen LogP contribution >= 0.6 is 0 Å². The molecule has 19 heavy (non-hydrogen) atoms. The molecule has 1 unspecified atom stereocenters. The van der Waals surface area contributed by atoms with Crippen molar-refractivity contribution in [3.05, 3.63) is 12.2 Å². The molecule has 6 nitrogen and oxygen atoms in total. The number of rotatable bonds is 2. The zero-order valence-corrected chi connectivity index (χ0v) is 10.6. The van der Waals surface area contributed by atoms with Crippen molar-refractivity contribution in [3.8, 4) is 0 Å². The zero-order valence-electron chi connectivity index (χ0n) is 10.6. The molecule has 2 heterocycles. The van der Waals surface area contributed by atoms with Crippen LogP contribution in [0.15, 0.2) is 12.2 Å². The van der Waals surface area contributed by atoms with Crippen molar-refractivity contribution in [2.24, 2.45) is 5.92 Å². The molecule has 0 aromatic rings. The van der Waals surface area contributed by atoms with Crippen LogP contribution in [0, 0.1) is 5.92 Å². The molecule has 0 radical (unpaired) electrons. The highest BCUT2D eigenvalue weighted by atomic mass is 16.6. The van der Waals surface area contributed by atoms with E-state index in [0.29, 0.717) is 13.1 Å². The van der Waals surface area contributed by atoms with E-state index < -0.39 is 6.09 Å². The maximum atomic E-state index is 12.2. The second-order valence-electron chi connectivity index (χ2n) is 5.20. The molecular weight excluding hydrogens is 248 g/mol. The summed E-state index contributed by atoms with van der Waals surface area (Å²) in [5.41, 5.74) is 0. The van der Waals surface area contributed by atoms with E-state index >= 15 is 0 Å². The van der Waals surface area contributed by atoms with Crippen molar-refractivity contribution in [1.29, 1.82) is 0 Å². The molecule has 3 rings (SSSR count). The topological polar surface area (TPSA) is 66.9 Å². The van der Waals surface area contributed by atoms with Gasteiger partial charge in [-0.25, -0.2) is 9.69 Å². The number of hydrogen-bond acceptors (Lipinski definition) is 4. The monoisotopic (exact) mass is 264 g/mol. The minimum atomic E-state index is -0.581. The Bertz CT molecular complexity index is 438. The fourth-order valence-electron chi connectivity index (χ4n) is 2.79. The largest absolute Gasteiger partial charge is 0.439 e. The lowest BCUT2D eigenvalue weighted by atomic mass is 9.91. The van der Waals surface area contributed by atoms with Gasteiger partial charge in [0.05, 0.1) is 6.04 Å². The zero-order chi connectivity index (χ0) is 13.4. The van der Waals surface area contributed by atoms with Crippen LogP contribution in [-0.2, 0) is 14.3 Å². The van der Waals surface area contributed by atoms with Crippen molar-refractivity contribution < 1.29 is 19.1 Å². The molecule has 0 bridgehead atoms. The Kier molecular flexibility index (Phi) is 3.00. The molecule has 1 atom stereocenters. The Hall–Kier alpha value is -1.85. The Morgan fingerprint density at radius 2 is 2.05 bits per heavy atom. The summed E-state index contributed by atoms with van der Waals surface area (Å²) in [6, 6.07) is -0.203. The number of cyclic esters (lactones) is 1. The van der Waals surface area contributed by atoms with E-state index in [1.807, 2.05) is 6.08 Å². The molecular formula is C13H16N2O4. The quantitative estimate of drug-likeness (QED) is 0.682. The Labute approximate surface area is 111 Å². The van der Waals surface area contributed by atoms with Crippen LogP contribution in [0.25, 0.3) is 0 Å². The molecule has 102 valence electrons. The average molecular weight is 264 g/mol. The summed E-state index contributed by atoms with van der Waals surface area (Å²) in [4.78, 5) is 37.9. The van der Waals surface area contributed by atoms with Gasteiger partial charge < -0.3 is 9.64 Å². The molecule has 3 amide bonds. The molecule has 0 saturated carbocycles. The lowest BCUT2D eigenvalue weighted by Gasteiger charge is -2.43. The molecule has 3 aliphatic rings. The maximum absolute atomic E-state index is 12.2. The van der Waals surface area contributed by atoms with E-state index in [1.165, 1.54) is 0 Å². The van der Waals surface area contributed by atoms with Crippen LogP contribution in [0.1, 0.15) is 19.3 Å². The minimum Gasteiger partial charge on any atom is -0.439 e. The number of amides is 3. The van der Waals surface area contributed by atoms with Crippen LogP contribution in [0.4, 0.5) is 4.79 Å². The van der Waals surface area contributed by atoms with Gasteiger partial charge in [-0.1, -0.05) is 12.2 Å². The first kappa shape index (κ1) is 12.2. The van der Waals surface area contributed by atoms with Gasteiger partial charge in [-0.15, -0.1) is 0 Å².